The number of aliphatic carboxylic acids is 1. The predicted octanol–water partition coefficient (Wildman–Crippen LogP) is 3.63. The van der Waals surface area contributed by atoms with E-state index < -0.39 is 24.6 Å². The lowest BCUT2D eigenvalue weighted by Gasteiger charge is -2.25. The zero-order valence-electron chi connectivity index (χ0n) is 19.2. The number of halogens is 2. The number of rotatable bonds is 7. The number of thiazole rings is 1. The number of carbonyl (C=O) groups excluding carboxylic acids is 1. The van der Waals surface area contributed by atoms with E-state index in [0.717, 1.165) is 11.1 Å². The van der Waals surface area contributed by atoms with Crippen molar-refractivity contribution in [3.63, 3.8) is 0 Å². The highest BCUT2D eigenvalue weighted by molar-refractivity contribution is 14.1. The van der Waals surface area contributed by atoms with Crippen LogP contribution >= 0.6 is 49.9 Å². The molecule has 1 N–H and O–H groups in total. The SMILES string of the molecule is CCC1=C(C(=O)OC)[C@@H](c2ccccc2)n2c(s/c(=C\c3cc(Br)c(OCC(=O)O)c(I)c3)c2=O)=N1. The summed E-state index contributed by atoms with van der Waals surface area (Å²) in [4.78, 5) is 42.5. The summed E-state index contributed by atoms with van der Waals surface area (Å²) in [5.41, 5.74) is 2.16. The van der Waals surface area contributed by atoms with Crippen molar-refractivity contribution in [2.24, 2.45) is 4.99 Å². The van der Waals surface area contributed by atoms with E-state index in [0.29, 0.717) is 40.8 Å². The summed E-state index contributed by atoms with van der Waals surface area (Å²) in [6.07, 6.45) is 2.25. The van der Waals surface area contributed by atoms with Gasteiger partial charge in [0.05, 0.1) is 37.0 Å². The molecule has 2 aromatic carbocycles. The van der Waals surface area contributed by atoms with Crippen molar-refractivity contribution in [1.82, 2.24) is 4.57 Å². The highest BCUT2D eigenvalue weighted by Crippen LogP contribution is 2.33. The molecule has 36 heavy (non-hydrogen) atoms. The summed E-state index contributed by atoms with van der Waals surface area (Å²) in [5, 5.41) is 8.90. The Kier molecular flexibility index (Phi) is 8.10. The van der Waals surface area contributed by atoms with Crippen LogP contribution in [0.3, 0.4) is 0 Å². The molecule has 0 amide bonds. The molecule has 1 aliphatic rings. The smallest absolute Gasteiger partial charge is 0.341 e. The lowest BCUT2D eigenvalue weighted by molar-refractivity contribution is -0.139. The Morgan fingerprint density at radius 1 is 1.28 bits per heavy atom. The highest BCUT2D eigenvalue weighted by atomic mass is 127. The maximum absolute atomic E-state index is 13.7. The molecule has 8 nitrogen and oxygen atoms in total. The average Bonchev–Trinajstić information content (AvgIpc) is 3.16. The first kappa shape index (κ1) is 26.3. The Balaban J connectivity index is 1.89. The Bertz CT molecular complexity index is 1540. The van der Waals surface area contributed by atoms with Gasteiger partial charge in [-0.1, -0.05) is 48.6 Å². The molecule has 0 unspecified atom stereocenters. The molecule has 3 aromatic rings. The van der Waals surface area contributed by atoms with Crippen LogP contribution in [0.15, 0.2) is 68.0 Å². The van der Waals surface area contributed by atoms with Gasteiger partial charge in [0.25, 0.3) is 5.56 Å². The van der Waals surface area contributed by atoms with Crippen LogP contribution < -0.4 is 19.6 Å². The number of methoxy groups -OCH3 is 1. The first-order valence-electron chi connectivity index (χ1n) is 10.8. The van der Waals surface area contributed by atoms with E-state index in [1.807, 2.05) is 37.3 Å². The second-order valence-electron chi connectivity index (χ2n) is 7.69. The first-order chi connectivity index (χ1) is 17.2. The van der Waals surface area contributed by atoms with Gasteiger partial charge in [0, 0.05) is 0 Å². The number of ether oxygens (including phenoxy) is 2. The van der Waals surface area contributed by atoms with Crippen LogP contribution in [-0.2, 0) is 14.3 Å². The van der Waals surface area contributed by atoms with E-state index >= 15 is 0 Å². The van der Waals surface area contributed by atoms with Crippen molar-refractivity contribution in [1.29, 1.82) is 0 Å². The minimum atomic E-state index is -1.08. The summed E-state index contributed by atoms with van der Waals surface area (Å²) in [6.45, 7) is 1.44. The number of benzene rings is 2. The van der Waals surface area contributed by atoms with Crippen LogP contribution in [0.25, 0.3) is 6.08 Å². The Labute approximate surface area is 231 Å². The lowest BCUT2D eigenvalue weighted by Crippen LogP contribution is -2.40. The normalized spacial score (nSPS) is 15.3. The Morgan fingerprint density at radius 3 is 2.61 bits per heavy atom. The van der Waals surface area contributed by atoms with Crippen LogP contribution in [0.2, 0.25) is 0 Å². The first-order valence-corrected chi connectivity index (χ1v) is 13.5. The fourth-order valence-corrected chi connectivity index (χ4v) is 6.69. The minimum absolute atomic E-state index is 0.276. The average molecular weight is 683 g/mol. The number of fused-ring (bicyclic) bond motifs is 1. The Morgan fingerprint density at radius 2 is 2.00 bits per heavy atom. The second kappa shape index (κ2) is 11.1. The summed E-state index contributed by atoms with van der Waals surface area (Å²) >= 11 is 6.72. The molecule has 0 saturated carbocycles. The van der Waals surface area contributed by atoms with Gasteiger partial charge in [0.1, 0.15) is 5.75 Å². The number of carbonyl (C=O) groups is 2. The number of carboxylic acid groups (broad SMARTS) is 1. The number of hydrogen-bond acceptors (Lipinski definition) is 7. The monoisotopic (exact) mass is 682 g/mol. The summed E-state index contributed by atoms with van der Waals surface area (Å²) < 4.78 is 13.7. The van der Waals surface area contributed by atoms with E-state index in [1.54, 1.807) is 22.8 Å². The van der Waals surface area contributed by atoms with Crippen molar-refractivity contribution < 1.29 is 24.2 Å². The van der Waals surface area contributed by atoms with Crippen molar-refractivity contribution in [2.45, 2.75) is 19.4 Å². The van der Waals surface area contributed by atoms with Crippen LogP contribution in [0.4, 0.5) is 0 Å². The van der Waals surface area contributed by atoms with Gasteiger partial charge >= 0.3 is 11.9 Å². The third-order valence-corrected chi connectivity index (χ3v) is 7.80. The van der Waals surface area contributed by atoms with Gasteiger partial charge in [-0.3, -0.25) is 9.36 Å². The van der Waals surface area contributed by atoms with Gasteiger partial charge in [-0.05, 0) is 74.3 Å². The fourth-order valence-electron chi connectivity index (χ4n) is 3.90. The second-order valence-corrected chi connectivity index (χ2v) is 10.7. The molecule has 1 aromatic heterocycles. The van der Waals surface area contributed by atoms with Gasteiger partial charge in [-0.2, -0.15) is 0 Å². The fraction of sp³-hybridized carbons (Fsp3) is 0.200. The van der Waals surface area contributed by atoms with E-state index in [9.17, 15) is 14.4 Å². The van der Waals surface area contributed by atoms with Crippen LogP contribution in [0.5, 0.6) is 5.75 Å². The standard InChI is InChI=1S/C25H20BrIN2O6S/c1-3-17-20(24(33)34-2)21(14-7-5-4-6-8-14)29-23(32)18(36-25(29)28-17)11-13-9-15(26)22(16(27)10-13)35-12-19(30)31/h4-11,21H,3,12H2,1-2H3,(H,30,31)/b18-11-/t21-/m1/s1. The maximum atomic E-state index is 13.7. The van der Waals surface area contributed by atoms with E-state index in [2.05, 4.69) is 43.5 Å². The van der Waals surface area contributed by atoms with Crippen LogP contribution in [-0.4, -0.2) is 35.3 Å². The highest BCUT2D eigenvalue weighted by Gasteiger charge is 2.33. The van der Waals surface area contributed by atoms with E-state index in [-0.39, 0.29) is 5.56 Å². The quantitative estimate of drug-likeness (QED) is 0.302. The number of allylic oxidation sites excluding steroid dienone is 1. The summed E-state index contributed by atoms with van der Waals surface area (Å²) in [7, 11) is 1.32. The molecule has 0 spiro atoms. The molecule has 0 fully saturated rings. The molecule has 2 heterocycles. The van der Waals surface area contributed by atoms with Crippen molar-refractivity contribution >= 4 is 67.9 Å². The minimum Gasteiger partial charge on any atom is -0.480 e. The zero-order chi connectivity index (χ0) is 26.0. The molecule has 186 valence electrons. The number of carboxylic acids is 1. The van der Waals surface area contributed by atoms with Crippen molar-refractivity contribution in [3.8, 4) is 5.75 Å². The molecule has 0 radical (unpaired) electrons. The van der Waals surface area contributed by atoms with Gasteiger partial charge in [0.2, 0.25) is 0 Å². The zero-order valence-corrected chi connectivity index (χ0v) is 23.7. The van der Waals surface area contributed by atoms with Crippen molar-refractivity contribution in [2.75, 3.05) is 13.7 Å². The molecule has 0 bridgehead atoms. The van der Waals surface area contributed by atoms with Crippen molar-refractivity contribution in [3.05, 3.63) is 92.6 Å². The Hall–Kier alpha value is -2.77. The molecule has 1 aliphatic heterocycles. The molecule has 11 heteroatoms. The van der Waals surface area contributed by atoms with Crippen LogP contribution in [0, 0.1) is 3.57 Å². The van der Waals surface area contributed by atoms with E-state index in [4.69, 9.17) is 14.6 Å². The molecular formula is C25H20BrIN2O6S. The third kappa shape index (κ3) is 5.18. The van der Waals surface area contributed by atoms with Gasteiger partial charge in [-0.25, -0.2) is 14.6 Å². The number of nitrogens with zero attached hydrogens (tertiary/aromatic N) is 2. The van der Waals surface area contributed by atoms with Gasteiger partial charge in [0.15, 0.2) is 11.4 Å². The molecule has 0 saturated heterocycles. The number of esters is 1. The molecule has 4 rings (SSSR count). The summed E-state index contributed by atoms with van der Waals surface area (Å²) in [5.74, 6) is -1.18. The third-order valence-electron chi connectivity index (χ3n) is 5.42. The van der Waals surface area contributed by atoms with Crippen LogP contribution in [0.1, 0.15) is 30.5 Å². The topological polar surface area (TPSA) is 107 Å². The molecule has 1 atom stereocenters. The number of hydrogen-bond donors (Lipinski definition) is 1. The maximum Gasteiger partial charge on any atom is 0.341 e. The predicted molar refractivity (Wildman–Crippen MR) is 147 cm³/mol. The molecule has 0 aliphatic carbocycles. The lowest BCUT2D eigenvalue weighted by atomic mass is 9.95. The van der Waals surface area contributed by atoms with Gasteiger partial charge in [-0.15, -0.1) is 0 Å². The summed E-state index contributed by atoms with van der Waals surface area (Å²) in [6, 6.07) is 12.2. The largest absolute Gasteiger partial charge is 0.480 e. The molecular weight excluding hydrogens is 663 g/mol. The number of aromatic nitrogens is 1. The van der Waals surface area contributed by atoms with Gasteiger partial charge < -0.3 is 14.6 Å². The van der Waals surface area contributed by atoms with E-state index in [1.165, 1.54) is 18.4 Å².